The largest absolute Gasteiger partial charge is 0.408 e. The standard InChI is InChI=1S/C13H18FN5O/c1-8-18-19-12(20-8)17-11-10(14)9(5-6-15-11)7-16-13(2,3)4/h5-6,16H,7H2,1-4H3,(H,15,17,19). The van der Waals surface area contributed by atoms with Gasteiger partial charge < -0.3 is 9.73 Å². The average molecular weight is 279 g/mol. The lowest BCUT2D eigenvalue weighted by molar-refractivity contribution is 0.418. The van der Waals surface area contributed by atoms with Crippen molar-refractivity contribution in [1.29, 1.82) is 0 Å². The van der Waals surface area contributed by atoms with Crippen LogP contribution in [0.5, 0.6) is 0 Å². The third kappa shape index (κ3) is 3.74. The van der Waals surface area contributed by atoms with E-state index in [0.29, 0.717) is 18.0 Å². The topological polar surface area (TPSA) is 75.9 Å². The number of aromatic nitrogens is 3. The van der Waals surface area contributed by atoms with Crippen molar-refractivity contribution in [1.82, 2.24) is 20.5 Å². The van der Waals surface area contributed by atoms with Gasteiger partial charge in [0.15, 0.2) is 11.6 Å². The quantitative estimate of drug-likeness (QED) is 0.895. The summed E-state index contributed by atoms with van der Waals surface area (Å²) in [5.74, 6) is 0.0421. The van der Waals surface area contributed by atoms with Gasteiger partial charge in [-0.25, -0.2) is 9.37 Å². The number of hydrogen-bond donors (Lipinski definition) is 2. The average Bonchev–Trinajstić information content (AvgIpc) is 2.75. The van der Waals surface area contributed by atoms with E-state index in [-0.39, 0.29) is 17.4 Å². The molecule has 2 heterocycles. The number of nitrogens with zero attached hydrogens (tertiary/aromatic N) is 3. The van der Waals surface area contributed by atoms with Crippen molar-refractivity contribution >= 4 is 11.8 Å². The summed E-state index contributed by atoms with van der Waals surface area (Å²) in [6.45, 7) is 8.13. The van der Waals surface area contributed by atoms with Crippen molar-refractivity contribution in [3.63, 3.8) is 0 Å². The van der Waals surface area contributed by atoms with Crippen LogP contribution in [0, 0.1) is 12.7 Å². The Morgan fingerprint density at radius 1 is 1.30 bits per heavy atom. The van der Waals surface area contributed by atoms with Crippen LogP contribution in [-0.2, 0) is 6.54 Å². The van der Waals surface area contributed by atoms with E-state index in [9.17, 15) is 4.39 Å². The molecule has 2 aromatic rings. The number of hydrogen-bond acceptors (Lipinski definition) is 6. The predicted octanol–water partition coefficient (Wildman–Crippen LogP) is 2.54. The summed E-state index contributed by atoms with van der Waals surface area (Å²) < 4.78 is 19.4. The zero-order chi connectivity index (χ0) is 14.8. The van der Waals surface area contributed by atoms with Crippen LogP contribution < -0.4 is 10.6 Å². The van der Waals surface area contributed by atoms with Gasteiger partial charge in [-0.3, -0.25) is 5.32 Å². The van der Waals surface area contributed by atoms with Gasteiger partial charge in [0.05, 0.1) is 0 Å². The molecule has 0 aliphatic heterocycles. The summed E-state index contributed by atoms with van der Waals surface area (Å²) in [5.41, 5.74) is 0.432. The highest BCUT2D eigenvalue weighted by atomic mass is 19.1. The molecular weight excluding hydrogens is 261 g/mol. The highest BCUT2D eigenvalue weighted by Gasteiger charge is 2.14. The SMILES string of the molecule is Cc1nnc(Nc2nccc(CNC(C)(C)C)c2F)o1. The first kappa shape index (κ1) is 14.4. The van der Waals surface area contributed by atoms with Crippen LogP contribution in [0.3, 0.4) is 0 Å². The van der Waals surface area contributed by atoms with Crippen LogP contribution in [0.1, 0.15) is 32.2 Å². The Bertz CT molecular complexity index is 591. The minimum absolute atomic E-state index is 0.0712. The summed E-state index contributed by atoms with van der Waals surface area (Å²) in [7, 11) is 0. The Morgan fingerprint density at radius 3 is 2.65 bits per heavy atom. The second kappa shape index (κ2) is 5.54. The lowest BCUT2D eigenvalue weighted by Crippen LogP contribution is -2.35. The van der Waals surface area contributed by atoms with Crippen molar-refractivity contribution < 1.29 is 8.81 Å². The van der Waals surface area contributed by atoms with Gasteiger partial charge in [-0.1, -0.05) is 5.10 Å². The van der Waals surface area contributed by atoms with E-state index < -0.39 is 5.82 Å². The maximum atomic E-state index is 14.3. The zero-order valence-electron chi connectivity index (χ0n) is 12.0. The van der Waals surface area contributed by atoms with Crippen molar-refractivity contribution in [3.05, 3.63) is 29.5 Å². The van der Waals surface area contributed by atoms with Gasteiger partial charge >= 0.3 is 6.01 Å². The summed E-state index contributed by atoms with van der Waals surface area (Å²) in [6, 6.07) is 1.76. The fraction of sp³-hybridized carbons (Fsp3) is 0.462. The fourth-order valence-electron chi connectivity index (χ4n) is 1.52. The van der Waals surface area contributed by atoms with Crippen molar-refractivity contribution in [2.45, 2.75) is 39.8 Å². The molecule has 0 saturated carbocycles. The number of halogens is 1. The molecule has 0 spiro atoms. The van der Waals surface area contributed by atoms with Gasteiger partial charge in [-0.05, 0) is 26.8 Å². The van der Waals surface area contributed by atoms with Crippen molar-refractivity contribution in [2.24, 2.45) is 0 Å². The Balaban J connectivity index is 2.14. The molecule has 7 heteroatoms. The molecule has 20 heavy (non-hydrogen) atoms. The molecule has 0 atom stereocenters. The molecule has 0 aliphatic carbocycles. The second-order valence-electron chi connectivity index (χ2n) is 5.49. The van der Waals surface area contributed by atoms with Gasteiger partial charge in [0.25, 0.3) is 0 Å². The Labute approximate surface area is 116 Å². The molecule has 2 aromatic heterocycles. The Hall–Kier alpha value is -2.02. The van der Waals surface area contributed by atoms with E-state index in [2.05, 4.69) is 25.8 Å². The van der Waals surface area contributed by atoms with Crippen LogP contribution in [-0.4, -0.2) is 20.7 Å². The van der Waals surface area contributed by atoms with E-state index in [0.717, 1.165) is 0 Å². The lowest BCUT2D eigenvalue weighted by atomic mass is 10.1. The van der Waals surface area contributed by atoms with E-state index in [4.69, 9.17) is 4.42 Å². The number of pyridine rings is 1. The molecule has 0 aromatic carbocycles. The zero-order valence-corrected chi connectivity index (χ0v) is 12.0. The molecule has 2 rings (SSSR count). The predicted molar refractivity (Wildman–Crippen MR) is 73.1 cm³/mol. The second-order valence-corrected chi connectivity index (χ2v) is 5.49. The molecular formula is C13H18FN5O. The molecule has 6 nitrogen and oxygen atoms in total. The van der Waals surface area contributed by atoms with E-state index >= 15 is 0 Å². The van der Waals surface area contributed by atoms with Gasteiger partial charge in [-0.15, -0.1) is 5.10 Å². The number of aryl methyl sites for hydroxylation is 1. The van der Waals surface area contributed by atoms with Crippen LogP contribution in [0.25, 0.3) is 0 Å². The number of rotatable bonds is 4. The maximum absolute atomic E-state index is 14.3. The van der Waals surface area contributed by atoms with Crippen molar-refractivity contribution in [2.75, 3.05) is 5.32 Å². The molecule has 0 saturated heterocycles. The fourth-order valence-corrected chi connectivity index (χ4v) is 1.52. The lowest BCUT2D eigenvalue weighted by Gasteiger charge is -2.20. The number of anilines is 2. The Morgan fingerprint density at radius 2 is 2.05 bits per heavy atom. The first-order valence-electron chi connectivity index (χ1n) is 6.31. The smallest absolute Gasteiger partial charge is 0.321 e. The van der Waals surface area contributed by atoms with E-state index in [1.165, 1.54) is 6.20 Å². The van der Waals surface area contributed by atoms with Gasteiger partial charge in [0.2, 0.25) is 5.89 Å². The van der Waals surface area contributed by atoms with Crippen LogP contribution >= 0.6 is 0 Å². The summed E-state index contributed by atoms with van der Waals surface area (Å²) in [6.07, 6.45) is 1.54. The summed E-state index contributed by atoms with van der Waals surface area (Å²) in [4.78, 5) is 3.95. The third-order valence-electron chi connectivity index (χ3n) is 2.53. The molecule has 0 unspecified atom stereocenters. The number of nitrogens with one attached hydrogen (secondary N) is 2. The molecule has 0 radical (unpaired) electrons. The molecule has 0 fully saturated rings. The van der Waals surface area contributed by atoms with E-state index in [1.54, 1.807) is 13.0 Å². The highest BCUT2D eigenvalue weighted by Crippen LogP contribution is 2.19. The molecule has 2 N–H and O–H groups in total. The van der Waals surface area contributed by atoms with Crippen LogP contribution in [0.15, 0.2) is 16.7 Å². The summed E-state index contributed by atoms with van der Waals surface area (Å²) >= 11 is 0. The maximum Gasteiger partial charge on any atom is 0.321 e. The third-order valence-corrected chi connectivity index (χ3v) is 2.53. The molecule has 0 amide bonds. The molecule has 108 valence electrons. The highest BCUT2D eigenvalue weighted by molar-refractivity contribution is 5.48. The van der Waals surface area contributed by atoms with Crippen molar-refractivity contribution in [3.8, 4) is 0 Å². The van der Waals surface area contributed by atoms with Crippen LogP contribution in [0.4, 0.5) is 16.2 Å². The molecule has 0 aliphatic rings. The molecule has 0 bridgehead atoms. The van der Waals surface area contributed by atoms with E-state index in [1.807, 2.05) is 20.8 Å². The minimum atomic E-state index is -0.430. The first-order valence-corrected chi connectivity index (χ1v) is 6.31. The normalized spacial score (nSPS) is 11.7. The van der Waals surface area contributed by atoms with Gasteiger partial charge in [0.1, 0.15) is 0 Å². The first-order chi connectivity index (χ1) is 9.35. The summed E-state index contributed by atoms with van der Waals surface area (Å²) in [5, 5.41) is 13.3. The van der Waals surface area contributed by atoms with Gasteiger partial charge in [-0.2, -0.15) is 0 Å². The monoisotopic (exact) mass is 279 g/mol. The Kier molecular flexibility index (Phi) is 3.99. The minimum Gasteiger partial charge on any atom is -0.408 e. The van der Waals surface area contributed by atoms with Crippen LogP contribution in [0.2, 0.25) is 0 Å². The van der Waals surface area contributed by atoms with Gasteiger partial charge in [0, 0.05) is 30.8 Å².